The van der Waals surface area contributed by atoms with Gasteiger partial charge in [-0.05, 0) is 67.1 Å². The number of rotatable bonds is 8. The number of nitro groups is 1. The molecule has 5 rings (SSSR count). The predicted octanol–water partition coefficient (Wildman–Crippen LogP) is 7.60. The van der Waals surface area contributed by atoms with Crippen molar-refractivity contribution in [3.8, 4) is 27.9 Å². The molecule has 3 aromatic carbocycles. The van der Waals surface area contributed by atoms with Gasteiger partial charge in [0.15, 0.2) is 0 Å². The van der Waals surface area contributed by atoms with E-state index in [2.05, 4.69) is 71.2 Å². The Morgan fingerprint density at radius 3 is 2.17 bits per heavy atom. The van der Waals surface area contributed by atoms with Crippen LogP contribution in [0.2, 0.25) is 0 Å². The number of hydrogen-bond acceptors (Lipinski definition) is 3. The van der Waals surface area contributed by atoms with Gasteiger partial charge < -0.3 is 4.57 Å². The summed E-state index contributed by atoms with van der Waals surface area (Å²) >= 11 is 0. The lowest BCUT2D eigenvalue weighted by molar-refractivity contribution is -0.384. The zero-order chi connectivity index (χ0) is 24.9. The van der Waals surface area contributed by atoms with E-state index in [4.69, 9.17) is 0 Å². The monoisotopic (exact) mass is 473 g/mol. The zero-order valence-corrected chi connectivity index (χ0v) is 20.2. The molecule has 0 amide bonds. The van der Waals surface area contributed by atoms with Crippen LogP contribution in [0.5, 0.6) is 0 Å². The first-order valence-electron chi connectivity index (χ1n) is 12.1. The topological polar surface area (TPSA) is 61.0 Å². The van der Waals surface area contributed by atoms with E-state index < -0.39 is 0 Å². The third kappa shape index (κ3) is 4.96. The van der Waals surface area contributed by atoms with E-state index in [9.17, 15) is 10.1 Å². The molecule has 0 spiro atoms. The zero-order valence-electron chi connectivity index (χ0n) is 20.2. The number of aromatic nitrogens is 2. The Morgan fingerprint density at radius 2 is 1.50 bits per heavy atom. The first-order valence-corrected chi connectivity index (χ1v) is 12.1. The summed E-state index contributed by atoms with van der Waals surface area (Å²) in [6.07, 6.45) is 8.62. The predicted molar refractivity (Wildman–Crippen MR) is 144 cm³/mol. The third-order valence-electron chi connectivity index (χ3n) is 6.50. The fourth-order valence-electron chi connectivity index (χ4n) is 4.66. The smallest absolute Gasteiger partial charge is 0.269 e. The van der Waals surface area contributed by atoms with Crippen LogP contribution >= 0.6 is 0 Å². The Hall–Kier alpha value is -4.51. The van der Waals surface area contributed by atoms with E-state index in [1.54, 1.807) is 12.1 Å². The van der Waals surface area contributed by atoms with Gasteiger partial charge in [-0.2, -0.15) is 0 Å². The maximum absolute atomic E-state index is 11.2. The minimum Gasteiger partial charge on any atom is -0.320 e. The molecule has 0 radical (unpaired) electrons. The van der Waals surface area contributed by atoms with Crippen molar-refractivity contribution in [2.45, 2.75) is 26.2 Å². The molecule has 178 valence electrons. The van der Waals surface area contributed by atoms with Crippen LogP contribution in [0.25, 0.3) is 27.9 Å². The summed E-state index contributed by atoms with van der Waals surface area (Å²) in [4.78, 5) is 15.1. The van der Waals surface area contributed by atoms with Gasteiger partial charge in [0, 0.05) is 53.2 Å². The van der Waals surface area contributed by atoms with Crippen molar-refractivity contribution in [1.82, 2.24) is 9.55 Å². The van der Waals surface area contributed by atoms with Gasteiger partial charge in [0.05, 0.1) is 4.92 Å². The summed E-state index contributed by atoms with van der Waals surface area (Å²) in [6, 6.07) is 30.0. The molecule has 0 bridgehead atoms. The standard InChI is InChI=1S/C31H27N3O2/c1-23-10-12-25(13-11-23)29-22-33(27-14-16-28(17-15-27)34(35)36)30(31(29)26-18-20-32-21-19-26)9-5-8-24-6-3-2-4-7-24/h2-4,6-7,10-22H,5,8-9H2,1H3. The average molecular weight is 474 g/mol. The van der Waals surface area contributed by atoms with Crippen molar-refractivity contribution in [3.63, 3.8) is 0 Å². The summed E-state index contributed by atoms with van der Waals surface area (Å²) in [7, 11) is 0. The van der Waals surface area contributed by atoms with Gasteiger partial charge in [-0.25, -0.2) is 0 Å². The number of hydrogen-bond donors (Lipinski definition) is 0. The minimum absolute atomic E-state index is 0.0876. The van der Waals surface area contributed by atoms with Crippen LogP contribution in [0.15, 0.2) is 110 Å². The van der Waals surface area contributed by atoms with E-state index in [0.29, 0.717) is 0 Å². The maximum atomic E-state index is 11.2. The molecule has 5 aromatic rings. The lowest BCUT2D eigenvalue weighted by atomic mass is 9.95. The first-order chi connectivity index (χ1) is 17.6. The molecular weight excluding hydrogens is 446 g/mol. The van der Waals surface area contributed by atoms with Gasteiger partial charge in [0.25, 0.3) is 5.69 Å². The van der Waals surface area contributed by atoms with E-state index in [1.165, 1.54) is 22.4 Å². The van der Waals surface area contributed by atoms with Crippen molar-refractivity contribution >= 4 is 5.69 Å². The lowest BCUT2D eigenvalue weighted by Gasteiger charge is -2.13. The summed E-state index contributed by atoms with van der Waals surface area (Å²) in [5, 5.41) is 11.2. The van der Waals surface area contributed by atoms with Crippen molar-refractivity contribution in [2.24, 2.45) is 0 Å². The molecule has 0 saturated heterocycles. The molecule has 2 heterocycles. The molecule has 0 aliphatic heterocycles. The molecule has 5 heteroatoms. The normalized spacial score (nSPS) is 10.9. The van der Waals surface area contributed by atoms with E-state index in [0.717, 1.165) is 41.6 Å². The number of nitrogens with zero attached hydrogens (tertiary/aromatic N) is 3. The fourth-order valence-corrected chi connectivity index (χ4v) is 4.66. The summed E-state index contributed by atoms with van der Waals surface area (Å²) in [6.45, 7) is 2.09. The molecule has 36 heavy (non-hydrogen) atoms. The fraction of sp³-hybridized carbons (Fsp3) is 0.129. The van der Waals surface area contributed by atoms with E-state index >= 15 is 0 Å². The van der Waals surface area contributed by atoms with Crippen LogP contribution in [0, 0.1) is 17.0 Å². The summed E-state index contributed by atoms with van der Waals surface area (Å²) < 4.78 is 2.19. The third-order valence-corrected chi connectivity index (χ3v) is 6.50. The maximum Gasteiger partial charge on any atom is 0.269 e. The number of aryl methyl sites for hydroxylation is 2. The van der Waals surface area contributed by atoms with Gasteiger partial charge in [0.1, 0.15) is 0 Å². The molecular formula is C31H27N3O2. The van der Waals surface area contributed by atoms with Crippen LogP contribution in [0.4, 0.5) is 5.69 Å². The first kappa shape index (κ1) is 23.2. The molecule has 0 aliphatic rings. The van der Waals surface area contributed by atoms with Crippen LogP contribution in [-0.4, -0.2) is 14.5 Å². The largest absolute Gasteiger partial charge is 0.320 e. The van der Waals surface area contributed by atoms with Crippen LogP contribution < -0.4 is 0 Å². The van der Waals surface area contributed by atoms with Crippen molar-refractivity contribution in [3.05, 3.63) is 137 Å². The highest BCUT2D eigenvalue weighted by molar-refractivity contribution is 5.86. The molecule has 0 aliphatic carbocycles. The summed E-state index contributed by atoms with van der Waals surface area (Å²) in [5.74, 6) is 0. The molecule has 0 fully saturated rings. The van der Waals surface area contributed by atoms with Gasteiger partial charge in [-0.15, -0.1) is 0 Å². The second-order valence-corrected chi connectivity index (χ2v) is 8.95. The number of pyridine rings is 1. The van der Waals surface area contributed by atoms with Crippen molar-refractivity contribution in [2.75, 3.05) is 0 Å². The Morgan fingerprint density at radius 1 is 0.806 bits per heavy atom. The Bertz CT molecular complexity index is 1460. The minimum atomic E-state index is -0.361. The molecule has 0 atom stereocenters. The Labute approximate surface area is 210 Å². The van der Waals surface area contributed by atoms with Gasteiger partial charge >= 0.3 is 0 Å². The van der Waals surface area contributed by atoms with E-state index in [1.807, 2.05) is 42.7 Å². The Kier molecular flexibility index (Phi) is 6.72. The molecule has 0 unspecified atom stereocenters. The number of non-ortho nitro benzene ring substituents is 1. The van der Waals surface area contributed by atoms with Gasteiger partial charge in [-0.3, -0.25) is 15.1 Å². The highest BCUT2D eigenvalue weighted by Crippen LogP contribution is 2.39. The highest BCUT2D eigenvalue weighted by atomic mass is 16.6. The molecule has 2 aromatic heterocycles. The van der Waals surface area contributed by atoms with Crippen LogP contribution in [-0.2, 0) is 12.8 Å². The Balaban J connectivity index is 1.65. The van der Waals surface area contributed by atoms with Gasteiger partial charge in [-0.1, -0.05) is 60.2 Å². The van der Waals surface area contributed by atoms with Gasteiger partial charge in [0.2, 0.25) is 0 Å². The van der Waals surface area contributed by atoms with Crippen molar-refractivity contribution < 1.29 is 4.92 Å². The quantitative estimate of drug-likeness (QED) is 0.172. The molecule has 0 saturated carbocycles. The lowest BCUT2D eigenvalue weighted by Crippen LogP contribution is -2.02. The van der Waals surface area contributed by atoms with E-state index in [-0.39, 0.29) is 10.6 Å². The molecule has 0 N–H and O–H groups in total. The molecule has 5 nitrogen and oxygen atoms in total. The second kappa shape index (κ2) is 10.4. The van der Waals surface area contributed by atoms with Crippen LogP contribution in [0.1, 0.15) is 23.2 Å². The van der Waals surface area contributed by atoms with Crippen LogP contribution in [0.3, 0.4) is 0 Å². The number of benzene rings is 3. The SMILES string of the molecule is Cc1ccc(-c2cn(-c3ccc([N+](=O)[O-])cc3)c(CCCc3ccccc3)c2-c2ccncc2)cc1. The number of nitro benzene ring substituents is 1. The van der Waals surface area contributed by atoms with Crippen molar-refractivity contribution in [1.29, 1.82) is 0 Å². The summed E-state index contributed by atoms with van der Waals surface area (Å²) in [5.41, 5.74) is 9.25. The average Bonchev–Trinajstić information content (AvgIpc) is 3.29. The highest BCUT2D eigenvalue weighted by Gasteiger charge is 2.20. The second-order valence-electron chi connectivity index (χ2n) is 8.95.